The average Bonchev–Trinajstić information content (AvgIpc) is 3.30. The molecule has 1 aliphatic rings. The van der Waals surface area contributed by atoms with Gasteiger partial charge in [-0.05, 0) is 62.1 Å². The summed E-state index contributed by atoms with van der Waals surface area (Å²) in [4.78, 5) is 27.5. The fourth-order valence-electron chi connectivity index (χ4n) is 4.13. The zero-order chi connectivity index (χ0) is 23.4. The van der Waals surface area contributed by atoms with Crippen LogP contribution in [0.1, 0.15) is 81.6 Å². The Morgan fingerprint density at radius 1 is 1.16 bits per heavy atom. The second-order valence-electron chi connectivity index (χ2n) is 8.49. The van der Waals surface area contributed by atoms with E-state index in [0.29, 0.717) is 30.2 Å². The third-order valence-electron chi connectivity index (χ3n) is 5.78. The summed E-state index contributed by atoms with van der Waals surface area (Å²) in [5, 5.41) is 11.3. The van der Waals surface area contributed by atoms with Gasteiger partial charge in [0.25, 0.3) is 11.7 Å². The van der Waals surface area contributed by atoms with E-state index in [4.69, 9.17) is 9.15 Å². The Balaban J connectivity index is 2.12. The standard InChI is InChI=1S/C26H33NO5/c1-6-8-9-14-27-23(21-12-10-17(5)32-21)22(25(29)26(27)30)24(28)18-11-13-20(31-7-2)19(15-18)16(3)4/h10-13,15-16,23,28H,6-9,14H2,1-5H3/b24-22-. The van der Waals surface area contributed by atoms with Gasteiger partial charge in [-0.25, -0.2) is 0 Å². The van der Waals surface area contributed by atoms with Gasteiger partial charge in [0, 0.05) is 12.1 Å². The number of benzene rings is 1. The summed E-state index contributed by atoms with van der Waals surface area (Å²) in [6.45, 7) is 10.9. The Morgan fingerprint density at radius 3 is 2.50 bits per heavy atom. The monoisotopic (exact) mass is 439 g/mol. The van der Waals surface area contributed by atoms with E-state index < -0.39 is 17.7 Å². The van der Waals surface area contributed by atoms with Gasteiger partial charge in [0.05, 0.1) is 12.2 Å². The van der Waals surface area contributed by atoms with Crippen molar-refractivity contribution >= 4 is 17.4 Å². The molecule has 6 nitrogen and oxygen atoms in total. The number of likely N-dealkylation sites (tertiary alicyclic amines) is 1. The van der Waals surface area contributed by atoms with Crippen LogP contribution >= 0.6 is 0 Å². The summed E-state index contributed by atoms with van der Waals surface area (Å²) in [6, 6.07) is 8.19. The molecule has 1 saturated heterocycles. The molecule has 1 aromatic heterocycles. The number of hydrogen-bond donors (Lipinski definition) is 1. The van der Waals surface area contributed by atoms with Gasteiger partial charge in [0.1, 0.15) is 29.1 Å². The molecular formula is C26H33NO5. The molecule has 0 radical (unpaired) electrons. The molecule has 0 saturated carbocycles. The highest BCUT2D eigenvalue weighted by Crippen LogP contribution is 2.41. The van der Waals surface area contributed by atoms with Crippen molar-refractivity contribution in [3.05, 3.63) is 58.6 Å². The van der Waals surface area contributed by atoms with Gasteiger partial charge in [0.15, 0.2) is 0 Å². The topological polar surface area (TPSA) is 80.0 Å². The minimum Gasteiger partial charge on any atom is -0.507 e. The SMILES string of the molecule is CCCCCN1C(=O)C(=O)/C(=C(\O)c2ccc(OCC)c(C(C)C)c2)C1c1ccc(C)o1. The van der Waals surface area contributed by atoms with Crippen molar-refractivity contribution in [1.82, 2.24) is 4.90 Å². The molecule has 1 aromatic carbocycles. The zero-order valence-electron chi connectivity index (χ0n) is 19.6. The van der Waals surface area contributed by atoms with Crippen molar-refractivity contribution in [2.45, 2.75) is 65.8 Å². The summed E-state index contributed by atoms with van der Waals surface area (Å²) in [6.07, 6.45) is 2.72. The highest BCUT2D eigenvalue weighted by atomic mass is 16.5. The van der Waals surface area contributed by atoms with Gasteiger partial charge in [-0.2, -0.15) is 0 Å². The van der Waals surface area contributed by atoms with Crippen molar-refractivity contribution < 1.29 is 23.8 Å². The molecule has 0 bridgehead atoms. The number of amides is 1. The van der Waals surface area contributed by atoms with E-state index in [-0.39, 0.29) is 17.3 Å². The number of ketones is 1. The Morgan fingerprint density at radius 2 is 1.91 bits per heavy atom. The van der Waals surface area contributed by atoms with Crippen molar-refractivity contribution in [1.29, 1.82) is 0 Å². The fraction of sp³-hybridized carbons (Fsp3) is 0.462. The number of carbonyl (C=O) groups excluding carboxylic acids is 2. The molecule has 6 heteroatoms. The second kappa shape index (κ2) is 10.1. The van der Waals surface area contributed by atoms with Gasteiger partial charge in [0.2, 0.25) is 0 Å². The summed E-state index contributed by atoms with van der Waals surface area (Å²) < 4.78 is 11.5. The Labute approximate surface area is 189 Å². The lowest BCUT2D eigenvalue weighted by atomic mass is 9.95. The molecule has 1 unspecified atom stereocenters. The minimum absolute atomic E-state index is 0.0692. The Hall–Kier alpha value is -3.02. The average molecular weight is 440 g/mol. The molecule has 32 heavy (non-hydrogen) atoms. The molecule has 1 atom stereocenters. The van der Waals surface area contributed by atoms with E-state index in [1.54, 1.807) is 24.3 Å². The molecule has 0 aliphatic carbocycles. The van der Waals surface area contributed by atoms with Gasteiger partial charge in [-0.15, -0.1) is 0 Å². The lowest BCUT2D eigenvalue weighted by Crippen LogP contribution is -2.30. The van der Waals surface area contributed by atoms with E-state index in [2.05, 4.69) is 6.92 Å². The number of furan rings is 1. The van der Waals surface area contributed by atoms with Crippen LogP contribution in [-0.2, 0) is 9.59 Å². The second-order valence-corrected chi connectivity index (χ2v) is 8.49. The largest absolute Gasteiger partial charge is 0.507 e. The first kappa shape index (κ1) is 23.6. The van der Waals surface area contributed by atoms with E-state index in [1.165, 1.54) is 4.90 Å². The number of hydrogen-bond acceptors (Lipinski definition) is 5. The maximum atomic E-state index is 13.1. The summed E-state index contributed by atoms with van der Waals surface area (Å²) in [5.74, 6) is 0.596. The van der Waals surface area contributed by atoms with Crippen molar-refractivity contribution in [3.8, 4) is 5.75 Å². The maximum Gasteiger partial charge on any atom is 0.295 e. The third kappa shape index (κ3) is 4.59. The quantitative estimate of drug-likeness (QED) is 0.234. The summed E-state index contributed by atoms with van der Waals surface area (Å²) in [7, 11) is 0. The van der Waals surface area contributed by atoms with Gasteiger partial charge < -0.3 is 19.2 Å². The van der Waals surface area contributed by atoms with Crippen LogP contribution in [0.15, 0.2) is 40.3 Å². The smallest absolute Gasteiger partial charge is 0.295 e. The van der Waals surface area contributed by atoms with Crippen LogP contribution < -0.4 is 4.74 Å². The number of unbranched alkanes of at least 4 members (excludes halogenated alkanes) is 2. The van der Waals surface area contributed by atoms with E-state index >= 15 is 0 Å². The van der Waals surface area contributed by atoms with Crippen LogP contribution in [0.4, 0.5) is 0 Å². The number of ether oxygens (including phenoxy) is 1. The predicted molar refractivity (Wildman–Crippen MR) is 124 cm³/mol. The van der Waals surface area contributed by atoms with E-state index in [0.717, 1.165) is 30.6 Å². The minimum atomic E-state index is -0.741. The molecular weight excluding hydrogens is 406 g/mol. The van der Waals surface area contributed by atoms with Crippen LogP contribution in [0.25, 0.3) is 5.76 Å². The lowest BCUT2D eigenvalue weighted by Gasteiger charge is -2.23. The van der Waals surface area contributed by atoms with Crippen LogP contribution in [0, 0.1) is 6.92 Å². The first-order valence-corrected chi connectivity index (χ1v) is 11.4. The number of rotatable bonds is 9. The Kier molecular flexibility index (Phi) is 7.44. The molecule has 1 N–H and O–H groups in total. The van der Waals surface area contributed by atoms with Crippen molar-refractivity contribution in [2.24, 2.45) is 0 Å². The molecule has 2 aromatic rings. The van der Waals surface area contributed by atoms with E-state index in [9.17, 15) is 14.7 Å². The van der Waals surface area contributed by atoms with Crippen LogP contribution in [0.2, 0.25) is 0 Å². The molecule has 0 spiro atoms. The number of aryl methyl sites for hydroxylation is 1. The Bertz CT molecular complexity index is 1020. The molecule has 1 amide bonds. The van der Waals surface area contributed by atoms with Crippen LogP contribution in [0.3, 0.4) is 0 Å². The summed E-state index contributed by atoms with van der Waals surface area (Å²) in [5.41, 5.74) is 1.48. The first-order valence-electron chi connectivity index (χ1n) is 11.4. The molecule has 1 fully saturated rings. The third-order valence-corrected chi connectivity index (χ3v) is 5.78. The number of Topliss-reactive ketones (excluding diaryl/α,β-unsaturated/α-hetero) is 1. The zero-order valence-corrected chi connectivity index (χ0v) is 19.6. The van der Waals surface area contributed by atoms with Gasteiger partial charge in [-0.1, -0.05) is 33.6 Å². The van der Waals surface area contributed by atoms with Gasteiger partial charge in [-0.3, -0.25) is 9.59 Å². The number of nitrogens with zero attached hydrogens (tertiary/aromatic N) is 1. The van der Waals surface area contributed by atoms with Crippen LogP contribution in [0.5, 0.6) is 5.75 Å². The normalized spacial score (nSPS) is 18.1. The number of aliphatic hydroxyl groups is 1. The number of carbonyl (C=O) groups is 2. The number of aliphatic hydroxyl groups excluding tert-OH is 1. The van der Waals surface area contributed by atoms with Crippen molar-refractivity contribution in [3.63, 3.8) is 0 Å². The lowest BCUT2D eigenvalue weighted by molar-refractivity contribution is -0.140. The first-order chi connectivity index (χ1) is 15.3. The molecule has 3 rings (SSSR count). The molecule has 1 aliphatic heterocycles. The van der Waals surface area contributed by atoms with E-state index in [1.807, 2.05) is 33.8 Å². The van der Waals surface area contributed by atoms with Crippen LogP contribution in [-0.4, -0.2) is 34.8 Å². The summed E-state index contributed by atoms with van der Waals surface area (Å²) >= 11 is 0. The van der Waals surface area contributed by atoms with Gasteiger partial charge >= 0.3 is 0 Å². The molecule has 172 valence electrons. The maximum absolute atomic E-state index is 13.1. The van der Waals surface area contributed by atoms with Crippen molar-refractivity contribution in [2.75, 3.05) is 13.2 Å². The predicted octanol–water partition coefficient (Wildman–Crippen LogP) is 5.72. The molecule has 2 heterocycles. The highest BCUT2D eigenvalue weighted by molar-refractivity contribution is 6.46. The fourth-order valence-corrected chi connectivity index (χ4v) is 4.13. The highest BCUT2D eigenvalue weighted by Gasteiger charge is 2.47.